The molecule has 3 N–H and O–H groups in total. The zero-order chi connectivity index (χ0) is 9.14. The SMILES string of the molecule is N=C(N)c1ccc([N+](=O)[O-])cn1. The van der Waals surface area contributed by atoms with Crippen LogP contribution in [0.1, 0.15) is 5.69 Å². The van der Waals surface area contributed by atoms with Crippen molar-refractivity contribution in [1.29, 1.82) is 5.41 Å². The van der Waals surface area contributed by atoms with E-state index in [0.29, 0.717) is 0 Å². The second-order valence-corrected chi connectivity index (χ2v) is 2.07. The maximum atomic E-state index is 10.2. The van der Waals surface area contributed by atoms with Gasteiger partial charge in [-0.1, -0.05) is 0 Å². The van der Waals surface area contributed by atoms with E-state index in [0.717, 1.165) is 6.20 Å². The van der Waals surface area contributed by atoms with Crippen LogP contribution < -0.4 is 5.73 Å². The van der Waals surface area contributed by atoms with Crippen LogP contribution in [0.2, 0.25) is 0 Å². The second kappa shape index (κ2) is 2.95. The standard InChI is InChI=1S/C6H6N4O2/c7-6(8)5-2-1-4(3-9-5)10(11)12/h1-3H,(H3,7,8). The molecule has 0 aliphatic heterocycles. The molecule has 1 rings (SSSR count). The van der Waals surface area contributed by atoms with Gasteiger partial charge >= 0.3 is 0 Å². The summed E-state index contributed by atoms with van der Waals surface area (Å²) in [7, 11) is 0. The van der Waals surface area contributed by atoms with Crippen LogP contribution in [0, 0.1) is 15.5 Å². The summed E-state index contributed by atoms with van der Waals surface area (Å²) in [5, 5.41) is 17.1. The summed E-state index contributed by atoms with van der Waals surface area (Å²) in [6, 6.07) is 2.59. The van der Waals surface area contributed by atoms with Crippen LogP contribution in [0.4, 0.5) is 5.69 Å². The van der Waals surface area contributed by atoms with E-state index in [1.165, 1.54) is 12.1 Å². The number of nitrogen functional groups attached to an aromatic ring is 1. The van der Waals surface area contributed by atoms with Crippen molar-refractivity contribution < 1.29 is 4.92 Å². The summed E-state index contributed by atoms with van der Waals surface area (Å²) in [5.74, 6) is -0.204. The van der Waals surface area contributed by atoms with Gasteiger partial charge in [0.15, 0.2) is 0 Å². The molecule has 62 valence electrons. The van der Waals surface area contributed by atoms with Gasteiger partial charge in [0.25, 0.3) is 5.69 Å². The van der Waals surface area contributed by atoms with Crippen molar-refractivity contribution in [2.45, 2.75) is 0 Å². The second-order valence-electron chi connectivity index (χ2n) is 2.07. The lowest BCUT2D eigenvalue weighted by Gasteiger charge is -1.94. The summed E-state index contributed by atoms with van der Waals surface area (Å²) in [5.41, 5.74) is 5.22. The molecule has 1 aromatic heterocycles. The maximum Gasteiger partial charge on any atom is 0.287 e. The lowest BCUT2D eigenvalue weighted by Crippen LogP contribution is -2.12. The summed E-state index contributed by atoms with van der Waals surface area (Å²) >= 11 is 0. The lowest BCUT2D eigenvalue weighted by molar-refractivity contribution is -0.385. The fourth-order valence-electron chi connectivity index (χ4n) is 0.653. The van der Waals surface area contributed by atoms with Gasteiger partial charge in [-0.2, -0.15) is 0 Å². The van der Waals surface area contributed by atoms with Gasteiger partial charge in [0, 0.05) is 6.07 Å². The largest absolute Gasteiger partial charge is 0.382 e. The van der Waals surface area contributed by atoms with Crippen molar-refractivity contribution in [3.8, 4) is 0 Å². The van der Waals surface area contributed by atoms with E-state index in [9.17, 15) is 10.1 Å². The molecule has 0 fully saturated rings. The predicted octanol–water partition coefficient (Wildman–Crippen LogP) is 0.274. The van der Waals surface area contributed by atoms with Crippen LogP contribution in [0.3, 0.4) is 0 Å². The van der Waals surface area contributed by atoms with E-state index >= 15 is 0 Å². The van der Waals surface area contributed by atoms with Crippen molar-refractivity contribution in [1.82, 2.24) is 4.98 Å². The molecule has 0 spiro atoms. The minimum Gasteiger partial charge on any atom is -0.382 e. The van der Waals surface area contributed by atoms with Gasteiger partial charge in [0.2, 0.25) is 0 Å². The summed E-state index contributed by atoms with van der Waals surface area (Å²) in [6.07, 6.45) is 1.07. The Morgan fingerprint density at radius 1 is 1.67 bits per heavy atom. The van der Waals surface area contributed by atoms with Crippen molar-refractivity contribution in [2.24, 2.45) is 5.73 Å². The highest BCUT2D eigenvalue weighted by Gasteiger charge is 2.05. The van der Waals surface area contributed by atoms with E-state index in [2.05, 4.69) is 4.98 Å². The Hall–Kier alpha value is -1.98. The summed E-state index contributed by atoms with van der Waals surface area (Å²) in [4.78, 5) is 13.2. The van der Waals surface area contributed by atoms with Gasteiger partial charge in [0.05, 0.1) is 4.92 Å². The zero-order valence-electron chi connectivity index (χ0n) is 6.02. The molecule has 0 saturated heterocycles. The molecule has 1 heterocycles. The van der Waals surface area contributed by atoms with Crippen molar-refractivity contribution in [3.63, 3.8) is 0 Å². The molecule has 6 heteroatoms. The van der Waals surface area contributed by atoms with Gasteiger partial charge in [-0.15, -0.1) is 0 Å². The maximum absolute atomic E-state index is 10.2. The van der Waals surface area contributed by atoms with Crippen LogP contribution in [-0.2, 0) is 0 Å². The summed E-state index contributed by atoms with van der Waals surface area (Å²) in [6.45, 7) is 0. The topological polar surface area (TPSA) is 106 Å². The third-order valence-electron chi connectivity index (χ3n) is 1.23. The molecule has 0 bridgehead atoms. The molecule has 0 saturated carbocycles. The molecule has 0 aliphatic carbocycles. The first-order valence-electron chi connectivity index (χ1n) is 3.06. The summed E-state index contributed by atoms with van der Waals surface area (Å²) < 4.78 is 0. The van der Waals surface area contributed by atoms with Gasteiger partial charge in [-0.25, -0.2) is 4.98 Å². The highest BCUT2D eigenvalue weighted by atomic mass is 16.6. The first kappa shape index (κ1) is 8.12. The number of nitrogens with one attached hydrogen (secondary N) is 1. The fourth-order valence-corrected chi connectivity index (χ4v) is 0.653. The average molecular weight is 166 g/mol. The molecule has 12 heavy (non-hydrogen) atoms. The van der Waals surface area contributed by atoms with E-state index in [-0.39, 0.29) is 17.2 Å². The average Bonchev–Trinajstić information content (AvgIpc) is 2.04. The molecule has 0 aromatic carbocycles. The van der Waals surface area contributed by atoms with Crippen molar-refractivity contribution in [2.75, 3.05) is 0 Å². The quantitative estimate of drug-likeness (QED) is 0.284. The molecule has 6 nitrogen and oxygen atoms in total. The first-order chi connectivity index (χ1) is 5.61. The third-order valence-corrected chi connectivity index (χ3v) is 1.23. The van der Waals surface area contributed by atoms with Gasteiger partial charge in [-0.3, -0.25) is 15.5 Å². The minimum atomic E-state index is -0.559. The normalized spacial score (nSPS) is 9.33. The van der Waals surface area contributed by atoms with E-state index in [4.69, 9.17) is 11.1 Å². The Kier molecular flexibility index (Phi) is 2.00. The van der Waals surface area contributed by atoms with Crippen LogP contribution in [-0.4, -0.2) is 15.7 Å². The minimum absolute atomic E-state index is 0.111. The smallest absolute Gasteiger partial charge is 0.287 e. The van der Waals surface area contributed by atoms with E-state index in [1.54, 1.807) is 0 Å². The number of nitrogens with zero attached hydrogens (tertiary/aromatic N) is 2. The Morgan fingerprint density at radius 3 is 2.67 bits per heavy atom. The Bertz CT molecular complexity index is 286. The number of aromatic nitrogens is 1. The molecule has 0 radical (unpaired) electrons. The number of hydrogen-bond donors (Lipinski definition) is 2. The number of nitro groups is 1. The molecular formula is C6H6N4O2. The van der Waals surface area contributed by atoms with Crippen molar-refractivity contribution in [3.05, 3.63) is 34.1 Å². The molecule has 0 amide bonds. The van der Waals surface area contributed by atoms with Gasteiger partial charge < -0.3 is 5.73 Å². The van der Waals surface area contributed by atoms with Crippen LogP contribution in [0.5, 0.6) is 0 Å². The zero-order valence-corrected chi connectivity index (χ0v) is 6.02. The molecule has 1 aromatic rings. The van der Waals surface area contributed by atoms with Crippen LogP contribution in [0.15, 0.2) is 18.3 Å². The van der Waals surface area contributed by atoms with E-state index in [1.807, 2.05) is 0 Å². The van der Waals surface area contributed by atoms with Gasteiger partial charge in [0.1, 0.15) is 17.7 Å². The predicted molar refractivity (Wildman–Crippen MR) is 41.9 cm³/mol. The number of rotatable bonds is 2. The Morgan fingerprint density at radius 2 is 2.33 bits per heavy atom. The van der Waals surface area contributed by atoms with E-state index < -0.39 is 4.92 Å². The Labute approximate surface area is 67.7 Å². The highest BCUT2D eigenvalue weighted by Crippen LogP contribution is 2.07. The highest BCUT2D eigenvalue weighted by molar-refractivity contribution is 5.92. The molecule has 0 atom stereocenters. The monoisotopic (exact) mass is 166 g/mol. The van der Waals surface area contributed by atoms with Crippen molar-refractivity contribution >= 4 is 11.5 Å². The lowest BCUT2D eigenvalue weighted by atomic mass is 10.3. The Balaban J connectivity index is 3.01. The van der Waals surface area contributed by atoms with Crippen LogP contribution in [0.25, 0.3) is 0 Å². The number of nitrogens with two attached hydrogens (primary N) is 1. The number of amidine groups is 1. The third kappa shape index (κ3) is 1.54. The fraction of sp³-hybridized carbons (Fsp3) is 0. The molecule has 0 aliphatic rings. The molecular weight excluding hydrogens is 160 g/mol. The number of hydrogen-bond acceptors (Lipinski definition) is 4. The molecule has 0 unspecified atom stereocenters. The van der Waals surface area contributed by atoms with Crippen LogP contribution >= 0.6 is 0 Å². The number of pyridine rings is 1. The first-order valence-corrected chi connectivity index (χ1v) is 3.06. The van der Waals surface area contributed by atoms with Gasteiger partial charge in [-0.05, 0) is 6.07 Å².